The van der Waals surface area contributed by atoms with Crippen LogP contribution in [0, 0.1) is 11.3 Å². The fourth-order valence-electron chi connectivity index (χ4n) is 2.37. The summed E-state index contributed by atoms with van der Waals surface area (Å²) >= 11 is 0. The first kappa shape index (κ1) is 20.2. The first-order valence-corrected chi connectivity index (χ1v) is 7.21. The lowest BCUT2D eigenvalue weighted by Gasteiger charge is -2.26. The minimum Gasteiger partial charge on any atom is -0.467 e. The molecule has 2 aromatic rings. The van der Waals surface area contributed by atoms with Crippen LogP contribution >= 0.6 is 0 Å². The number of carbonyl (C=O) groups excluding carboxylic acids is 1. The highest BCUT2D eigenvalue weighted by molar-refractivity contribution is 5.93. The van der Waals surface area contributed by atoms with Gasteiger partial charge in [0.05, 0.1) is 35.6 Å². The number of hydrogen-bond acceptors (Lipinski definition) is 4. The molecule has 0 spiro atoms. The number of nitriles is 1. The van der Waals surface area contributed by atoms with E-state index >= 15 is 0 Å². The second-order valence-corrected chi connectivity index (χ2v) is 5.43. The van der Waals surface area contributed by atoms with E-state index in [0.717, 1.165) is 24.5 Å². The molecule has 27 heavy (non-hydrogen) atoms. The lowest BCUT2D eigenvalue weighted by atomic mass is 10.1. The number of rotatable bonds is 5. The van der Waals surface area contributed by atoms with Crippen LogP contribution in [0.3, 0.4) is 0 Å². The Kier molecular flexibility index (Phi) is 5.39. The third kappa shape index (κ3) is 4.93. The summed E-state index contributed by atoms with van der Waals surface area (Å²) in [6.45, 7) is -2.27. The molecule has 0 atom stereocenters. The van der Waals surface area contributed by atoms with Gasteiger partial charge in [0.25, 0.3) is 5.91 Å². The molecule has 1 aromatic heterocycles. The van der Waals surface area contributed by atoms with Crippen molar-refractivity contribution in [2.45, 2.75) is 18.9 Å². The van der Waals surface area contributed by atoms with Gasteiger partial charge in [-0.05, 0) is 24.3 Å². The number of hydrogen-bond donors (Lipinski definition) is 1. The predicted octanol–water partition coefficient (Wildman–Crippen LogP) is 3.84. The standard InChI is InChI=1S/C16H11F6N3O2/c17-15(18,19)8-25(7-13-11(14(24)26)3-4-27-13)10-2-1-9(6-23)12(5-10)16(20,21)22/h1-5H,7-8H2,(H2,24,26). The van der Waals surface area contributed by atoms with E-state index in [0.29, 0.717) is 11.0 Å². The fraction of sp³-hybridized carbons (Fsp3) is 0.250. The van der Waals surface area contributed by atoms with Crippen LogP contribution in [0.1, 0.15) is 27.2 Å². The zero-order chi connectivity index (χ0) is 20.4. The minimum atomic E-state index is -4.94. The van der Waals surface area contributed by atoms with Crippen LogP contribution < -0.4 is 10.6 Å². The van der Waals surface area contributed by atoms with Gasteiger partial charge >= 0.3 is 12.4 Å². The van der Waals surface area contributed by atoms with Crippen LogP contribution in [0.4, 0.5) is 32.0 Å². The molecule has 0 saturated heterocycles. The van der Waals surface area contributed by atoms with Crippen LogP contribution in [-0.2, 0) is 12.7 Å². The highest BCUT2D eigenvalue weighted by Gasteiger charge is 2.36. The molecular formula is C16H11F6N3O2. The average Bonchev–Trinajstić information content (AvgIpc) is 3.00. The third-order valence-corrected chi connectivity index (χ3v) is 3.51. The Bertz CT molecular complexity index is 880. The molecule has 2 N–H and O–H groups in total. The smallest absolute Gasteiger partial charge is 0.417 e. The van der Waals surface area contributed by atoms with Crippen LogP contribution in [0.5, 0.6) is 0 Å². The lowest BCUT2D eigenvalue weighted by molar-refractivity contribution is -0.137. The largest absolute Gasteiger partial charge is 0.467 e. The van der Waals surface area contributed by atoms with Crippen LogP contribution in [0.2, 0.25) is 0 Å². The highest BCUT2D eigenvalue weighted by Crippen LogP contribution is 2.35. The van der Waals surface area contributed by atoms with Gasteiger partial charge in [-0.25, -0.2) is 0 Å². The maximum absolute atomic E-state index is 13.1. The van der Waals surface area contributed by atoms with Crippen LogP contribution in [0.25, 0.3) is 0 Å². The fourth-order valence-corrected chi connectivity index (χ4v) is 2.37. The summed E-state index contributed by atoms with van der Waals surface area (Å²) < 4.78 is 83.0. The summed E-state index contributed by atoms with van der Waals surface area (Å²) in [6, 6.07) is 4.66. The van der Waals surface area contributed by atoms with E-state index in [4.69, 9.17) is 15.4 Å². The summed E-state index contributed by atoms with van der Waals surface area (Å²) in [7, 11) is 0. The van der Waals surface area contributed by atoms with Gasteiger partial charge in [0, 0.05) is 5.69 Å². The molecule has 0 saturated carbocycles. The number of carbonyl (C=O) groups is 1. The van der Waals surface area contributed by atoms with Gasteiger partial charge in [-0.1, -0.05) is 0 Å². The van der Waals surface area contributed by atoms with Crippen LogP contribution in [0.15, 0.2) is 34.9 Å². The van der Waals surface area contributed by atoms with Crippen LogP contribution in [-0.4, -0.2) is 18.6 Å². The number of furan rings is 1. The number of nitrogens with zero attached hydrogens (tertiary/aromatic N) is 2. The van der Waals surface area contributed by atoms with E-state index in [9.17, 15) is 31.1 Å². The maximum atomic E-state index is 13.1. The summed E-state index contributed by atoms with van der Waals surface area (Å²) in [5, 5.41) is 8.79. The van der Waals surface area contributed by atoms with E-state index in [1.807, 2.05) is 0 Å². The molecule has 0 radical (unpaired) electrons. The highest BCUT2D eigenvalue weighted by atomic mass is 19.4. The SMILES string of the molecule is N#Cc1ccc(N(Cc2occc2C(N)=O)CC(F)(F)F)cc1C(F)(F)F. The number of primary amides is 1. The molecule has 144 valence electrons. The van der Waals surface area contributed by atoms with Crippen molar-refractivity contribution in [1.82, 2.24) is 0 Å². The molecular weight excluding hydrogens is 380 g/mol. The quantitative estimate of drug-likeness (QED) is 0.785. The topological polar surface area (TPSA) is 83.3 Å². The van der Waals surface area contributed by atoms with E-state index in [2.05, 4.69) is 0 Å². The van der Waals surface area contributed by atoms with Gasteiger partial charge in [-0.15, -0.1) is 0 Å². The molecule has 0 aliphatic carbocycles. The molecule has 0 aliphatic rings. The molecule has 0 unspecified atom stereocenters. The van der Waals surface area contributed by atoms with Crippen molar-refractivity contribution in [3.63, 3.8) is 0 Å². The molecule has 1 heterocycles. The van der Waals surface area contributed by atoms with E-state index in [1.54, 1.807) is 0 Å². The molecule has 5 nitrogen and oxygen atoms in total. The van der Waals surface area contributed by atoms with Crippen molar-refractivity contribution in [1.29, 1.82) is 5.26 Å². The molecule has 1 amide bonds. The number of alkyl halides is 6. The number of amides is 1. The second kappa shape index (κ2) is 7.22. The Morgan fingerprint density at radius 2 is 1.85 bits per heavy atom. The molecule has 0 aliphatic heterocycles. The second-order valence-electron chi connectivity index (χ2n) is 5.43. The third-order valence-electron chi connectivity index (χ3n) is 3.51. The predicted molar refractivity (Wildman–Crippen MR) is 80.5 cm³/mol. The van der Waals surface area contributed by atoms with Gasteiger partial charge in [0.2, 0.25) is 0 Å². The zero-order valence-corrected chi connectivity index (χ0v) is 13.4. The first-order chi connectivity index (χ1) is 12.4. The maximum Gasteiger partial charge on any atom is 0.417 e. The monoisotopic (exact) mass is 391 g/mol. The lowest BCUT2D eigenvalue weighted by Crippen LogP contribution is -2.34. The molecule has 0 bridgehead atoms. The number of benzene rings is 1. The summed E-state index contributed by atoms with van der Waals surface area (Å²) in [5.74, 6) is -1.19. The number of nitrogens with two attached hydrogens (primary N) is 1. The van der Waals surface area contributed by atoms with Gasteiger partial charge in [-0.2, -0.15) is 31.6 Å². The van der Waals surface area contributed by atoms with Crippen molar-refractivity contribution in [2.24, 2.45) is 5.73 Å². The van der Waals surface area contributed by atoms with Gasteiger partial charge in [0.1, 0.15) is 12.3 Å². The summed E-state index contributed by atoms with van der Waals surface area (Å²) in [4.78, 5) is 11.8. The minimum absolute atomic E-state index is 0.188. The first-order valence-electron chi connectivity index (χ1n) is 7.21. The summed E-state index contributed by atoms with van der Waals surface area (Å²) in [6.07, 6.45) is -8.67. The molecule has 0 fully saturated rings. The van der Waals surface area contributed by atoms with E-state index < -0.39 is 48.2 Å². The number of anilines is 1. The Labute approximate surface area is 148 Å². The Hall–Kier alpha value is -3.16. The zero-order valence-electron chi connectivity index (χ0n) is 13.4. The Morgan fingerprint density at radius 1 is 1.19 bits per heavy atom. The van der Waals surface area contributed by atoms with Crippen molar-refractivity contribution < 1.29 is 35.6 Å². The van der Waals surface area contributed by atoms with Crippen molar-refractivity contribution in [3.8, 4) is 6.07 Å². The van der Waals surface area contributed by atoms with E-state index in [1.165, 1.54) is 6.07 Å². The average molecular weight is 391 g/mol. The summed E-state index contributed by atoms with van der Waals surface area (Å²) in [5.41, 5.74) is 2.36. The van der Waals surface area contributed by atoms with E-state index in [-0.39, 0.29) is 11.3 Å². The Balaban J connectivity index is 2.50. The molecule has 11 heteroatoms. The van der Waals surface area contributed by atoms with Crippen molar-refractivity contribution in [3.05, 3.63) is 53.0 Å². The molecule has 1 aromatic carbocycles. The van der Waals surface area contributed by atoms with Gasteiger partial charge in [0.15, 0.2) is 0 Å². The number of halogens is 6. The van der Waals surface area contributed by atoms with Gasteiger partial charge in [-0.3, -0.25) is 4.79 Å². The Morgan fingerprint density at radius 3 is 2.37 bits per heavy atom. The van der Waals surface area contributed by atoms with Gasteiger partial charge < -0.3 is 15.1 Å². The van der Waals surface area contributed by atoms with Crippen molar-refractivity contribution >= 4 is 11.6 Å². The molecule has 2 rings (SSSR count). The van der Waals surface area contributed by atoms with Crippen molar-refractivity contribution in [2.75, 3.05) is 11.4 Å². The normalized spacial score (nSPS) is 11.9.